The molecule has 1 aliphatic heterocycles. The molecule has 1 atom stereocenters. The Labute approximate surface area is 248 Å². The highest BCUT2D eigenvalue weighted by Gasteiger charge is 2.33. The van der Waals surface area contributed by atoms with Gasteiger partial charge in [-0.2, -0.15) is 5.10 Å². The van der Waals surface area contributed by atoms with Gasteiger partial charge in [0.15, 0.2) is 4.80 Å². The van der Waals surface area contributed by atoms with Crippen LogP contribution in [0, 0.1) is 0 Å². The highest BCUT2D eigenvalue weighted by Crippen LogP contribution is 2.32. The molecule has 0 saturated carbocycles. The van der Waals surface area contributed by atoms with Gasteiger partial charge < -0.3 is 4.74 Å². The largest absolute Gasteiger partial charge is 0.463 e. The molecule has 0 saturated heterocycles. The predicted molar refractivity (Wildman–Crippen MR) is 165 cm³/mol. The molecule has 206 valence electrons. The van der Waals surface area contributed by atoms with Crippen molar-refractivity contribution in [2.24, 2.45) is 4.99 Å². The summed E-state index contributed by atoms with van der Waals surface area (Å²) in [5.41, 5.74) is 4.07. The quantitative estimate of drug-likeness (QED) is 0.184. The number of carbonyl (C=O) groups is 1. The lowest BCUT2D eigenvalue weighted by Crippen LogP contribution is -2.39. The summed E-state index contributed by atoms with van der Waals surface area (Å²) in [6, 6.07) is 21.2. The first-order chi connectivity index (χ1) is 20.0. The van der Waals surface area contributed by atoms with Crippen LogP contribution in [0.3, 0.4) is 0 Å². The molecule has 6 rings (SSSR count). The van der Waals surface area contributed by atoms with E-state index >= 15 is 0 Å². The lowest BCUT2D eigenvalue weighted by atomic mass is 9.96. The highest BCUT2D eigenvalue weighted by molar-refractivity contribution is 7.98. The summed E-state index contributed by atoms with van der Waals surface area (Å²) in [4.78, 5) is 34.6. The molecule has 0 radical (unpaired) electrons. The first-order valence-corrected chi connectivity index (χ1v) is 15.9. The second kappa shape index (κ2) is 11.5. The summed E-state index contributed by atoms with van der Waals surface area (Å²) < 4.78 is 9.38. The minimum Gasteiger partial charge on any atom is -0.463 e. The maximum absolute atomic E-state index is 14.1. The molecule has 4 heterocycles. The van der Waals surface area contributed by atoms with E-state index in [1.54, 1.807) is 41.5 Å². The fourth-order valence-electron chi connectivity index (χ4n) is 4.85. The fraction of sp³-hybridized carbons (Fsp3) is 0.161. The molecule has 0 amide bonds. The Morgan fingerprint density at radius 3 is 2.56 bits per heavy atom. The van der Waals surface area contributed by atoms with Crippen molar-refractivity contribution in [3.05, 3.63) is 120 Å². The Morgan fingerprint density at radius 1 is 1.10 bits per heavy atom. The Kier molecular flexibility index (Phi) is 7.61. The topological polar surface area (TPSA) is 78.5 Å². The number of rotatable bonds is 7. The van der Waals surface area contributed by atoms with Crippen molar-refractivity contribution in [1.82, 2.24) is 14.3 Å². The number of fused-ring (bicyclic) bond motifs is 1. The van der Waals surface area contributed by atoms with Gasteiger partial charge in [0.25, 0.3) is 5.56 Å². The molecule has 41 heavy (non-hydrogen) atoms. The van der Waals surface area contributed by atoms with Crippen LogP contribution in [0.25, 0.3) is 22.3 Å². The van der Waals surface area contributed by atoms with Crippen LogP contribution >= 0.6 is 34.4 Å². The minimum atomic E-state index is -0.646. The third kappa shape index (κ3) is 5.14. The summed E-state index contributed by atoms with van der Waals surface area (Å²) in [5, 5.41) is 6.88. The lowest BCUT2D eigenvalue weighted by Gasteiger charge is -2.24. The van der Waals surface area contributed by atoms with Crippen molar-refractivity contribution in [3.63, 3.8) is 0 Å². The third-order valence-corrected chi connectivity index (χ3v) is 9.36. The number of thiophene rings is 1. The summed E-state index contributed by atoms with van der Waals surface area (Å²) in [5.74, 6) is -0.467. The number of hydrogen-bond donors (Lipinski definition) is 0. The van der Waals surface area contributed by atoms with Crippen LogP contribution in [0.1, 0.15) is 31.0 Å². The maximum atomic E-state index is 14.1. The van der Waals surface area contributed by atoms with E-state index in [2.05, 4.69) is 0 Å². The van der Waals surface area contributed by atoms with E-state index in [-0.39, 0.29) is 12.2 Å². The molecule has 2 aromatic carbocycles. The first-order valence-electron chi connectivity index (χ1n) is 13.0. The molecule has 7 nitrogen and oxygen atoms in total. The maximum Gasteiger partial charge on any atom is 0.338 e. The molecule has 0 fully saturated rings. The van der Waals surface area contributed by atoms with Crippen molar-refractivity contribution < 1.29 is 9.53 Å². The zero-order chi connectivity index (χ0) is 28.5. The molecule has 10 heteroatoms. The number of hydrogen-bond acceptors (Lipinski definition) is 8. The van der Waals surface area contributed by atoms with E-state index < -0.39 is 12.0 Å². The van der Waals surface area contributed by atoms with E-state index in [4.69, 9.17) is 14.8 Å². The molecule has 1 aliphatic rings. The molecule has 5 aromatic rings. The SMILES string of the molecule is CCOC(=O)C1=C(C)N=c2sc(=Cc3cn(-c4ccccc4)nc3-c3cccs3)c(=O)n2C1c1ccc(SC)cc1. The summed E-state index contributed by atoms with van der Waals surface area (Å²) in [6.07, 6.45) is 5.83. The second-order valence-corrected chi connectivity index (χ2v) is 12.1. The molecule has 0 bridgehead atoms. The molecule has 1 unspecified atom stereocenters. The van der Waals surface area contributed by atoms with Crippen molar-refractivity contribution in [1.29, 1.82) is 0 Å². The normalized spacial score (nSPS) is 15.1. The standard InChI is InChI=1S/C31H26N4O3S3/c1-4-38-30(37)26-19(2)32-31-35(28(26)20-12-14-23(39-3)15-13-20)29(36)25(41-31)17-21-18-34(22-9-6-5-7-10-22)33-27(21)24-11-8-16-40-24/h5-18,28H,4H2,1-3H3. The number of benzene rings is 2. The third-order valence-electron chi connectivity index (χ3n) is 6.75. The minimum absolute atomic E-state index is 0.216. The average molecular weight is 599 g/mol. The Balaban J connectivity index is 1.54. The lowest BCUT2D eigenvalue weighted by molar-refractivity contribution is -0.139. The van der Waals surface area contributed by atoms with Gasteiger partial charge in [0.05, 0.1) is 39.0 Å². The zero-order valence-corrected chi connectivity index (χ0v) is 25.1. The number of thiazole rings is 1. The van der Waals surface area contributed by atoms with E-state index in [0.29, 0.717) is 20.6 Å². The van der Waals surface area contributed by atoms with Crippen LogP contribution in [0.15, 0.2) is 104 Å². The van der Waals surface area contributed by atoms with Crippen molar-refractivity contribution in [3.8, 4) is 16.3 Å². The van der Waals surface area contributed by atoms with Crippen LogP contribution < -0.4 is 14.9 Å². The molecule has 3 aromatic heterocycles. The van der Waals surface area contributed by atoms with E-state index in [9.17, 15) is 9.59 Å². The number of allylic oxidation sites excluding steroid dienone is 1. The van der Waals surface area contributed by atoms with Crippen LogP contribution in [0.5, 0.6) is 0 Å². The van der Waals surface area contributed by atoms with Crippen molar-refractivity contribution in [2.75, 3.05) is 12.9 Å². The van der Waals surface area contributed by atoms with Crippen LogP contribution in [0.4, 0.5) is 0 Å². The van der Waals surface area contributed by atoms with Gasteiger partial charge in [-0.3, -0.25) is 9.36 Å². The summed E-state index contributed by atoms with van der Waals surface area (Å²) in [7, 11) is 0. The van der Waals surface area contributed by atoms with E-state index in [1.807, 2.05) is 95.3 Å². The Bertz CT molecular complexity index is 1930. The van der Waals surface area contributed by atoms with E-state index in [0.717, 1.165) is 32.3 Å². The van der Waals surface area contributed by atoms with Gasteiger partial charge in [-0.1, -0.05) is 47.7 Å². The molecule has 0 N–H and O–H groups in total. The van der Waals surface area contributed by atoms with Crippen molar-refractivity contribution >= 4 is 46.5 Å². The Morgan fingerprint density at radius 2 is 1.88 bits per heavy atom. The predicted octanol–water partition coefficient (Wildman–Crippen LogP) is 5.43. The van der Waals surface area contributed by atoms with Crippen LogP contribution in [-0.4, -0.2) is 33.2 Å². The number of para-hydroxylation sites is 1. The monoisotopic (exact) mass is 598 g/mol. The average Bonchev–Trinajstić information content (AvgIpc) is 3.73. The van der Waals surface area contributed by atoms with E-state index in [1.165, 1.54) is 11.3 Å². The van der Waals surface area contributed by atoms with Gasteiger partial charge in [0.1, 0.15) is 5.69 Å². The number of ether oxygens (including phenoxy) is 1. The second-order valence-electron chi connectivity index (χ2n) is 9.27. The number of nitrogens with zero attached hydrogens (tertiary/aromatic N) is 4. The first kappa shape index (κ1) is 27.2. The van der Waals surface area contributed by atoms with Gasteiger partial charge in [-0.25, -0.2) is 14.5 Å². The molecule has 0 aliphatic carbocycles. The number of thioether (sulfide) groups is 1. The van der Waals surface area contributed by atoms with Crippen molar-refractivity contribution in [2.45, 2.75) is 24.8 Å². The smallest absolute Gasteiger partial charge is 0.338 e. The van der Waals surface area contributed by atoms with Crippen LogP contribution in [-0.2, 0) is 9.53 Å². The van der Waals surface area contributed by atoms with Crippen LogP contribution in [0.2, 0.25) is 0 Å². The number of esters is 1. The van der Waals surface area contributed by atoms with Gasteiger partial charge >= 0.3 is 5.97 Å². The molecular formula is C31H26N4O3S3. The van der Waals surface area contributed by atoms with Gasteiger partial charge in [0, 0.05) is 16.7 Å². The van der Waals surface area contributed by atoms with Gasteiger partial charge in [-0.05, 0) is 67.5 Å². The summed E-state index contributed by atoms with van der Waals surface area (Å²) >= 11 is 4.54. The fourth-order valence-corrected chi connectivity index (χ4v) is 7.02. The van der Waals surface area contributed by atoms with Gasteiger partial charge in [-0.15, -0.1) is 23.1 Å². The Hall–Kier alpha value is -3.99. The number of aromatic nitrogens is 3. The highest BCUT2D eigenvalue weighted by atomic mass is 32.2. The zero-order valence-electron chi connectivity index (χ0n) is 22.6. The molecule has 0 spiro atoms. The number of carbonyl (C=O) groups excluding carboxylic acids is 1. The summed E-state index contributed by atoms with van der Waals surface area (Å²) in [6.45, 7) is 3.80. The van der Waals surface area contributed by atoms with Gasteiger partial charge in [0.2, 0.25) is 0 Å². The molecular weight excluding hydrogens is 573 g/mol.